The number of carbonyl (C=O) groups excluding carboxylic acids is 3. The quantitative estimate of drug-likeness (QED) is 0.576. The summed E-state index contributed by atoms with van der Waals surface area (Å²) in [6.07, 6.45) is 0.0671. The van der Waals surface area contributed by atoms with Crippen molar-refractivity contribution in [2.75, 3.05) is 19.4 Å². The van der Waals surface area contributed by atoms with E-state index in [2.05, 4.69) is 10.6 Å². The van der Waals surface area contributed by atoms with E-state index in [1.807, 2.05) is 44.2 Å². The molecule has 2 rings (SSSR count). The van der Waals surface area contributed by atoms with Crippen LogP contribution < -0.4 is 10.6 Å². The molecule has 2 aromatic rings. The summed E-state index contributed by atoms with van der Waals surface area (Å²) < 4.78 is 5.26. The summed E-state index contributed by atoms with van der Waals surface area (Å²) in [5.41, 5.74) is 1.45. The normalized spacial score (nSPS) is 12.4. The van der Waals surface area contributed by atoms with Gasteiger partial charge in [-0.15, -0.1) is 0 Å². The third-order valence-electron chi connectivity index (χ3n) is 4.67. The van der Waals surface area contributed by atoms with E-state index in [0.29, 0.717) is 12.1 Å². The van der Waals surface area contributed by atoms with Gasteiger partial charge in [-0.05, 0) is 47.5 Å². The Hall–Kier alpha value is -3.00. The van der Waals surface area contributed by atoms with Crippen molar-refractivity contribution in [1.82, 2.24) is 10.2 Å². The minimum Gasteiger partial charge on any atom is -0.445 e. The van der Waals surface area contributed by atoms with Crippen LogP contribution >= 0.6 is 11.8 Å². The van der Waals surface area contributed by atoms with Crippen LogP contribution in [0.4, 0.5) is 15.3 Å². The lowest BCUT2D eigenvalue weighted by Crippen LogP contribution is -2.47. The zero-order valence-electron chi connectivity index (χ0n) is 18.3. The van der Waals surface area contributed by atoms with Crippen molar-refractivity contribution in [2.45, 2.75) is 37.8 Å². The van der Waals surface area contributed by atoms with E-state index in [1.165, 1.54) is 4.90 Å². The first-order chi connectivity index (χ1) is 14.8. The van der Waals surface area contributed by atoms with Crippen LogP contribution in [0.2, 0.25) is 0 Å². The van der Waals surface area contributed by atoms with Gasteiger partial charge in [0, 0.05) is 24.7 Å². The second-order valence-corrected chi connectivity index (χ2v) is 8.37. The number of anilines is 1. The number of alkyl carbamates (subject to hydrolysis) is 1. The number of hydrogen-bond acceptors (Lipinski definition) is 5. The van der Waals surface area contributed by atoms with Gasteiger partial charge in [0.15, 0.2) is 0 Å². The fourth-order valence-electron chi connectivity index (χ4n) is 2.61. The molecule has 0 aliphatic heterocycles. The van der Waals surface area contributed by atoms with Crippen LogP contribution in [0.25, 0.3) is 0 Å². The molecular formula is C23H29N3O4S. The molecule has 0 aromatic heterocycles. The van der Waals surface area contributed by atoms with E-state index < -0.39 is 12.1 Å². The largest absolute Gasteiger partial charge is 0.445 e. The van der Waals surface area contributed by atoms with Crippen LogP contribution in [0.5, 0.6) is 0 Å². The van der Waals surface area contributed by atoms with Gasteiger partial charge in [0.1, 0.15) is 12.6 Å². The predicted octanol–water partition coefficient (Wildman–Crippen LogP) is 4.74. The predicted molar refractivity (Wildman–Crippen MR) is 123 cm³/mol. The van der Waals surface area contributed by atoms with Crippen LogP contribution in [0, 0.1) is 5.92 Å². The molecule has 0 radical (unpaired) electrons. The van der Waals surface area contributed by atoms with Crippen molar-refractivity contribution in [1.29, 1.82) is 0 Å². The van der Waals surface area contributed by atoms with Gasteiger partial charge in [-0.3, -0.25) is 9.59 Å². The Morgan fingerprint density at radius 3 is 2.26 bits per heavy atom. The maximum atomic E-state index is 12.8. The molecule has 0 fully saturated rings. The number of nitrogens with one attached hydrogen (secondary N) is 2. The third kappa shape index (κ3) is 7.97. The van der Waals surface area contributed by atoms with Gasteiger partial charge >= 0.3 is 6.09 Å². The van der Waals surface area contributed by atoms with E-state index in [0.717, 1.165) is 22.2 Å². The minimum absolute atomic E-state index is 0.0770. The topological polar surface area (TPSA) is 87.7 Å². The molecule has 0 unspecified atom stereocenters. The first-order valence-corrected chi connectivity index (χ1v) is 10.9. The molecular weight excluding hydrogens is 414 g/mol. The average Bonchev–Trinajstić information content (AvgIpc) is 2.77. The van der Waals surface area contributed by atoms with Crippen molar-refractivity contribution in [3.05, 3.63) is 60.2 Å². The van der Waals surface area contributed by atoms with E-state index in [9.17, 15) is 14.4 Å². The molecule has 2 N–H and O–H groups in total. The maximum absolute atomic E-state index is 12.8. The van der Waals surface area contributed by atoms with Crippen molar-refractivity contribution >= 4 is 34.7 Å². The van der Waals surface area contributed by atoms with Crippen LogP contribution in [-0.2, 0) is 16.1 Å². The summed E-state index contributed by atoms with van der Waals surface area (Å²) in [4.78, 5) is 39.1. The van der Waals surface area contributed by atoms with Crippen LogP contribution in [0.15, 0.2) is 59.5 Å². The first kappa shape index (κ1) is 24.3. The number of nitrogens with zero attached hydrogens (tertiary/aromatic N) is 1. The van der Waals surface area contributed by atoms with E-state index in [1.54, 1.807) is 38.4 Å². The summed E-state index contributed by atoms with van der Waals surface area (Å²) in [5, 5.41) is 5.43. The number of amides is 3. The SMILES string of the molecule is CC[C@H](C)[C@H](NC(=O)OCc1ccccc1)C(=O)Nc1ccc(SC(=O)N(C)C)cc1. The monoisotopic (exact) mass is 443 g/mol. The number of hydrogen-bond donors (Lipinski definition) is 2. The lowest BCUT2D eigenvalue weighted by Gasteiger charge is -2.23. The first-order valence-electron chi connectivity index (χ1n) is 10.1. The fourth-order valence-corrected chi connectivity index (χ4v) is 3.27. The Morgan fingerprint density at radius 1 is 1.03 bits per heavy atom. The van der Waals surface area contributed by atoms with Crippen LogP contribution in [-0.4, -0.2) is 42.3 Å². The standard InChI is InChI=1S/C23H29N3O4S/c1-5-16(2)20(25-22(28)30-15-17-9-7-6-8-10-17)21(27)24-18-11-13-19(14-12-18)31-23(29)26(3)4/h6-14,16,20H,5,15H2,1-4H3,(H,24,27)(H,25,28)/t16-,20-/m0/s1. The summed E-state index contributed by atoms with van der Waals surface area (Å²) in [7, 11) is 3.38. The smallest absolute Gasteiger partial charge is 0.408 e. The van der Waals surface area contributed by atoms with Crippen molar-refractivity contribution in [3.8, 4) is 0 Å². The molecule has 0 saturated heterocycles. The molecule has 0 bridgehead atoms. The molecule has 166 valence electrons. The Morgan fingerprint density at radius 2 is 1.68 bits per heavy atom. The van der Waals surface area contributed by atoms with Gasteiger partial charge < -0.3 is 20.3 Å². The Bertz CT molecular complexity index is 872. The fraction of sp³-hybridized carbons (Fsp3) is 0.348. The molecule has 3 amide bonds. The minimum atomic E-state index is -0.738. The van der Waals surface area contributed by atoms with Crippen molar-refractivity contribution < 1.29 is 19.1 Å². The number of carbonyl (C=O) groups is 3. The molecule has 0 heterocycles. The highest BCUT2D eigenvalue weighted by Gasteiger charge is 2.26. The molecule has 2 atom stereocenters. The molecule has 0 spiro atoms. The second-order valence-electron chi connectivity index (χ2n) is 7.35. The molecule has 0 aliphatic carbocycles. The Balaban J connectivity index is 1.96. The average molecular weight is 444 g/mol. The third-order valence-corrected chi connectivity index (χ3v) is 5.72. The molecule has 0 saturated carbocycles. The zero-order valence-corrected chi connectivity index (χ0v) is 19.1. The van der Waals surface area contributed by atoms with Crippen molar-refractivity contribution in [3.63, 3.8) is 0 Å². The highest BCUT2D eigenvalue weighted by atomic mass is 32.2. The van der Waals surface area contributed by atoms with Gasteiger partial charge in [-0.1, -0.05) is 50.6 Å². The Kier molecular flexibility index (Phi) is 9.40. The number of rotatable bonds is 8. The number of benzene rings is 2. The van der Waals surface area contributed by atoms with E-state index in [-0.39, 0.29) is 23.7 Å². The van der Waals surface area contributed by atoms with Crippen LogP contribution in [0.3, 0.4) is 0 Å². The zero-order chi connectivity index (χ0) is 22.8. The lowest BCUT2D eigenvalue weighted by molar-refractivity contribution is -0.119. The number of ether oxygens (including phenoxy) is 1. The molecule has 8 heteroatoms. The van der Waals surface area contributed by atoms with Gasteiger partial charge in [-0.2, -0.15) is 0 Å². The second kappa shape index (κ2) is 12.0. The Labute approximate surface area is 187 Å². The molecule has 2 aromatic carbocycles. The van der Waals surface area contributed by atoms with Crippen LogP contribution in [0.1, 0.15) is 25.8 Å². The number of thioether (sulfide) groups is 1. The molecule has 31 heavy (non-hydrogen) atoms. The summed E-state index contributed by atoms with van der Waals surface area (Å²) >= 11 is 1.11. The van der Waals surface area contributed by atoms with Gasteiger partial charge in [0.2, 0.25) is 5.91 Å². The highest BCUT2D eigenvalue weighted by Crippen LogP contribution is 2.23. The summed E-state index contributed by atoms with van der Waals surface area (Å²) in [5.74, 6) is -0.410. The lowest BCUT2D eigenvalue weighted by atomic mass is 9.98. The van der Waals surface area contributed by atoms with Gasteiger partial charge in [0.05, 0.1) is 0 Å². The van der Waals surface area contributed by atoms with E-state index >= 15 is 0 Å². The van der Waals surface area contributed by atoms with Crippen molar-refractivity contribution in [2.24, 2.45) is 5.92 Å². The van der Waals surface area contributed by atoms with Gasteiger partial charge in [-0.25, -0.2) is 4.79 Å². The summed E-state index contributed by atoms with van der Waals surface area (Å²) in [6.45, 7) is 3.98. The van der Waals surface area contributed by atoms with Gasteiger partial charge in [0.25, 0.3) is 5.24 Å². The maximum Gasteiger partial charge on any atom is 0.408 e. The molecule has 0 aliphatic rings. The summed E-state index contributed by atoms with van der Waals surface area (Å²) in [6, 6.07) is 15.6. The highest BCUT2D eigenvalue weighted by molar-refractivity contribution is 8.13. The van der Waals surface area contributed by atoms with E-state index in [4.69, 9.17) is 4.74 Å². The molecule has 7 nitrogen and oxygen atoms in total.